The highest BCUT2D eigenvalue weighted by atomic mass is 32.2. The zero-order valence-electron chi connectivity index (χ0n) is 16.8. The van der Waals surface area contributed by atoms with E-state index in [1.165, 1.54) is 15.6 Å². The number of rotatable bonds is 5. The topological polar surface area (TPSA) is 99.7 Å². The Kier molecular flexibility index (Phi) is 6.35. The maximum Gasteiger partial charge on any atom is 0.245 e. The summed E-state index contributed by atoms with van der Waals surface area (Å²) in [5.41, 5.74) is 0.637. The quantitative estimate of drug-likeness (QED) is 0.755. The van der Waals surface area contributed by atoms with Gasteiger partial charge in [-0.25, -0.2) is 13.4 Å². The molecule has 4 rings (SSSR count). The molecule has 0 saturated carbocycles. The Bertz CT molecular complexity index is 1040. The summed E-state index contributed by atoms with van der Waals surface area (Å²) in [5, 5.41) is 3.17. The molecule has 2 fully saturated rings. The van der Waals surface area contributed by atoms with E-state index in [1.807, 2.05) is 0 Å². The Labute approximate surface area is 180 Å². The van der Waals surface area contributed by atoms with Crippen LogP contribution in [0.4, 0.5) is 5.13 Å². The molecular weight excluding hydrogens is 424 g/mol. The number of thiazole rings is 1. The number of carbonyl (C=O) groups is 2. The van der Waals surface area contributed by atoms with Gasteiger partial charge in [-0.3, -0.25) is 9.59 Å². The Balaban J connectivity index is 1.45. The molecule has 2 aromatic rings. The van der Waals surface area contributed by atoms with Crippen LogP contribution in [0.1, 0.15) is 44.9 Å². The number of nitrogens with zero attached hydrogens (tertiary/aromatic N) is 3. The number of fused-ring (bicyclic) bond motifs is 1. The molecule has 30 heavy (non-hydrogen) atoms. The highest BCUT2D eigenvalue weighted by Crippen LogP contribution is 2.30. The first kappa shape index (κ1) is 21.2. The molecule has 1 N–H and O–H groups in total. The van der Waals surface area contributed by atoms with Crippen LogP contribution in [0, 0.1) is 0 Å². The molecular formula is C20H26N4O4S2. The second-order valence-electron chi connectivity index (χ2n) is 7.79. The number of hydrogen-bond donors (Lipinski definition) is 1. The van der Waals surface area contributed by atoms with Crippen molar-refractivity contribution in [3.63, 3.8) is 0 Å². The summed E-state index contributed by atoms with van der Waals surface area (Å²) in [5.74, 6) is -0.265. The molecule has 2 aliphatic heterocycles. The standard InChI is InChI=1S/C20H26N4O4S2/c25-18(14-23-10-4-2-1-3-7-19(23)26)22-20-21-16-9-8-15(13-17(16)29-20)30(27,28)24-11-5-6-12-24/h8-9,13H,1-7,10-12,14H2,(H,21,22,25). The van der Waals surface area contributed by atoms with E-state index in [9.17, 15) is 18.0 Å². The van der Waals surface area contributed by atoms with Crippen LogP contribution >= 0.6 is 11.3 Å². The Hall–Kier alpha value is -2.04. The van der Waals surface area contributed by atoms with Crippen molar-refractivity contribution in [2.45, 2.75) is 49.8 Å². The Morgan fingerprint density at radius 2 is 1.80 bits per heavy atom. The van der Waals surface area contributed by atoms with Crippen LogP contribution in [0.15, 0.2) is 23.1 Å². The maximum atomic E-state index is 12.8. The van der Waals surface area contributed by atoms with Gasteiger partial charge >= 0.3 is 0 Å². The molecule has 10 heteroatoms. The van der Waals surface area contributed by atoms with Gasteiger partial charge in [-0.2, -0.15) is 4.31 Å². The minimum absolute atomic E-state index is 0.0172. The maximum absolute atomic E-state index is 12.8. The van der Waals surface area contributed by atoms with Gasteiger partial charge in [0.15, 0.2) is 5.13 Å². The van der Waals surface area contributed by atoms with E-state index in [2.05, 4.69) is 10.3 Å². The SMILES string of the molecule is O=C(CN1CCCCCCC1=O)Nc1nc2ccc(S(=O)(=O)N3CCCC3)cc2s1. The second kappa shape index (κ2) is 8.99. The number of anilines is 1. The van der Waals surface area contributed by atoms with Crippen LogP contribution in [0.2, 0.25) is 0 Å². The number of aromatic nitrogens is 1. The fraction of sp³-hybridized carbons (Fsp3) is 0.550. The van der Waals surface area contributed by atoms with Crippen LogP contribution in [0.3, 0.4) is 0 Å². The van der Waals surface area contributed by atoms with Gasteiger partial charge in [-0.15, -0.1) is 0 Å². The zero-order chi connectivity index (χ0) is 21.1. The third-order valence-corrected chi connectivity index (χ3v) is 8.39. The highest BCUT2D eigenvalue weighted by Gasteiger charge is 2.27. The number of likely N-dealkylation sites (tertiary alicyclic amines) is 1. The monoisotopic (exact) mass is 450 g/mol. The summed E-state index contributed by atoms with van der Waals surface area (Å²) in [4.78, 5) is 30.9. The summed E-state index contributed by atoms with van der Waals surface area (Å²) in [6.07, 6.45) is 6.18. The second-order valence-corrected chi connectivity index (χ2v) is 10.8. The summed E-state index contributed by atoms with van der Waals surface area (Å²) < 4.78 is 27.8. The van der Waals surface area contributed by atoms with Gasteiger partial charge < -0.3 is 10.2 Å². The molecule has 1 aromatic carbocycles. The molecule has 0 unspecified atom stereocenters. The molecule has 0 atom stereocenters. The van der Waals surface area contributed by atoms with Crippen LogP contribution < -0.4 is 5.32 Å². The molecule has 162 valence electrons. The first-order valence-electron chi connectivity index (χ1n) is 10.4. The van der Waals surface area contributed by atoms with Gasteiger partial charge in [0, 0.05) is 26.1 Å². The Morgan fingerprint density at radius 1 is 1.07 bits per heavy atom. The van der Waals surface area contributed by atoms with Crippen LogP contribution in [0.5, 0.6) is 0 Å². The van der Waals surface area contributed by atoms with Crippen molar-refractivity contribution in [2.24, 2.45) is 0 Å². The number of amides is 2. The van der Waals surface area contributed by atoms with Gasteiger partial charge in [0.25, 0.3) is 0 Å². The molecule has 0 aliphatic carbocycles. The van der Waals surface area contributed by atoms with Crippen molar-refractivity contribution in [1.29, 1.82) is 0 Å². The molecule has 2 amide bonds. The van der Waals surface area contributed by atoms with E-state index in [-0.39, 0.29) is 23.3 Å². The lowest BCUT2D eigenvalue weighted by Gasteiger charge is -2.23. The van der Waals surface area contributed by atoms with Crippen molar-refractivity contribution < 1.29 is 18.0 Å². The molecule has 0 spiro atoms. The van der Waals surface area contributed by atoms with Gasteiger partial charge in [-0.05, 0) is 43.9 Å². The van der Waals surface area contributed by atoms with Crippen molar-refractivity contribution in [3.8, 4) is 0 Å². The lowest BCUT2D eigenvalue weighted by atomic mass is 10.1. The van der Waals surface area contributed by atoms with Gasteiger partial charge in [0.2, 0.25) is 21.8 Å². The van der Waals surface area contributed by atoms with E-state index in [0.29, 0.717) is 41.4 Å². The summed E-state index contributed by atoms with van der Waals surface area (Å²) in [7, 11) is -3.49. The summed E-state index contributed by atoms with van der Waals surface area (Å²) in [6.45, 7) is 1.73. The lowest BCUT2D eigenvalue weighted by molar-refractivity contribution is -0.135. The largest absolute Gasteiger partial charge is 0.333 e. The molecule has 3 heterocycles. The molecule has 0 radical (unpaired) electrons. The predicted molar refractivity (Wildman–Crippen MR) is 116 cm³/mol. The molecule has 1 aromatic heterocycles. The van der Waals surface area contributed by atoms with Crippen LogP contribution in [-0.2, 0) is 19.6 Å². The van der Waals surface area contributed by atoms with Crippen molar-refractivity contribution in [1.82, 2.24) is 14.2 Å². The number of carbonyl (C=O) groups excluding carboxylic acids is 2. The third-order valence-electron chi connectivity index (χ3n) is 5.56. The Morgan fingerprint density at radius 3 is 2.60 bits per heavy atom. The molecule has 2 aliphatic rings. The molecule has 8 nitrogen and oxygen atoms in total. The smallest absolute Gasteiger partial charge is 0.245 e. The highest BCUT2D eigenvalue weighted by molar-refractivity contribution is 7.89. The van der Waals surface area contributed by atoms with E-state index in [1.54, 1.807) is 23.1 Å². The molecule has 2 saturated heterocycles. The summed E-state index contributed by atoms with van der Waals surface area (Å²) in [6, 6.07) is 4.87. The summed E-state index contributed by atoms with van der Waals surface area (Å²) >= 11 is 1.24. The fourth-order valence-electron chi connectivity index (χ4n) is 3.91. The number of hydrogen-bond acceptors (Lipinski definition) is 6. The average molecular weight is 451 g/mol. The first-order valence-corrected chi connectivity index (χ1v) is 12.7. The van der Waals surface area contributed by atoms with E-state index in [4.69, 9.17) is 0 Å². The minimum atomic E-state index is -3.49. The fourth-order valence-corrected chi connectivity index (χ4v) is 6.45. The van der Waals surface area contributed by atoms with Crippen molar-refractivity contribution in [2.75, 3.05) is 31.5 Å². The van der Waals surface area contributed by atoms with Crippen molar-refractivity contribution >= 4 is 48.5 Å². The lowest BCUT2D eigenvalue weighted by Crippen LogP contribution is -2.39. The minimum Gasteiger partial charge on any atom is -0.333 e. The number of nitrogens with one attached hydrogen (secondary N) is 1. The average Bonchev–Trinajstić information content (AvgIpc) is 3.37. The van der Waals surface area contributed by atoms with E-state index >= 15 is 0 Å². The molecule has 0 bridgehead atoms. The number of benzene rings is 1. The third kappa shape index (κ3) is 4.65. The number of sulfonamides is 1. The van der Waals surface area contributed by atoms with E-state index < -0.39 is 10.0 Å². The predicted octanol–water partition coefficient (Wildman–Crippen LogP) is 2.81. The van der Waals surface area contributed by atoms with Gasteiger partial charge in [0.05, 0.1) is 21.7 Å². The van der Waals surface area contributed by atoms with Gasteiger partial charge in [-0.1, -0.05) is 24.2 Å². The van der Waals surface area contributed by atoms with Crippen LogP contribution in [0.25, 0.3) is 10.2 Å². The van der Waals surface area contributed by atoms with E-state index in [0.717, 1.165) is 38.5 Å². The van der Waals surface area contributed by atoms with Crippen molar-refractivity contribution in [3.05, 3.63) is 18.2 Å². The normalized spacial score (nSPS) is 19.1. The van der Waals surface area contributed by atoms with Crippen LogP contribution in [-0.4, -0.2) is 60.6 Å². The zero-order valence-corrected chi connectivity index (χ0v) is 18.4. The van der Waals surface area contributed by atoms with Gasteiger partial charge in [0.1, 0.15) is 0 Å². The first-order chi connectivity index (χ1) is 14.4.